The first kappa shape index (κ1) is 26.0. The van der Waals surface area contributed by atoms with E-state index in [9.17, 15) is 34.1 Å². The van der Waals surface area contributed by atoms with E-state index in [4.69, 9.17) is 4.74 Å². The number of carbonyl (C=O) groups is 4. The van der Waals surface area contributed by atoms with Crippen molar-refractivity contribution in [2.45, 2.75) is 6.92 Å². The molecule has 0 atom stereocenters. The molecule has 1 aliphatic heterocycles. The lowest BCUT2D eigenvalue weighted by Gasteiger charge is -2.11. The number of hydrogen-bond donors (Lipinski definition) is 0. The molecule has 0 saturated carbocycles. The largest absolute Gasteiger partial charge is 0.454 e. The second kappa shape index (κ2) is 9.91. The van der Waals surface area contributed by atoms with Crippen LogP contribution in [0.1, 0.15) is 47.1 Å². The number of carbonyl (C=O) groups excluding carboxylic acids is 4. The van der Waals surface area contributed by atoms with E-state index in [-0.39, 0.29) is 33.6 Å². The summed E-state index contributed by atoms with van der Waals surface area (Å²) in [5, 5.41) is 10.8. The molecule has 2 heterocycles. The number of fused-ring (bicyclic) bond motifs is 1. The third kappa shape index (κ3) is 4.26. The molecule has 1 aromatic heterocycles. The van der Waals surface area contributed by atoms with E-state index in [1.165, 1.54) is 35.0 Å². The molecule has 12 nitrogen and oxygen atoms in total. The van der Waals surface area contributed by atoms with Gasteiger partial charge in [0.25, 0.3) is 23.1 Å². The van der Waals surface area contributed by atoms with Gasteiger partial charge in [0, 0.05) is 24.7 Å². The van der Waals surface area contributed by atoms with E-state index in [2.05, 4.69) is 0 Å². The monoisotopic (exact) mass is 540 g/mol. The molecule has 1 aliphatic rings. The predicted octanol–water partition coefficient (Wildman–Crippen LogP) is 3.23. The van der Waals surface area contributed by atoms with Crippen LogP contribution >= 0.6 is 0 Å². The van der Waals surface area contributed by atoms with Gasteiger partial charge in [-0.05, 0) is 49.4 Å². The second-order valence-electron chi connectivity index (χ2n) is 8.92. The van der Waals surface area contributed by atoms with Crippen molar-refractivity contribution in [3.8, 4) is 5.69 Å². The zero-order chi connectivity index (χ0) is 28.7. The van der Waals surface area contributed by atoms with E-state index in [0.717, 1.165) is 17.0 Å². The minimum absolute atomic E-state index is 0.0115. The number of rotatable bonds is 7. The van der Waals surface area contributed by atoms with Crippen LogP contribution in [-0.2, 0) is 11.8 Å². The number of benzene rings is 3. The minimum atomic E-state index is -0.918. The Kier molecular flexibility index (Phi) is 6.43. The van der Waals surface area contributed by atoms with Gasteiger partial charge < -0.3 is 4.74 Å². The maximum Gasteiger partial charge on any atom is 0.338 e. The highest BCUT2D eigenvalue weighted by atomic mass is 16.6. The molecule has 2 amide bonds. The predicted molar refractivity (Wildman–Crippen MR) is 141 cm³/mol. The van der Waals surface area contributed by atoms with Crippen LogP contribution in [0.3, 0.4) is 0 Å². The van der Waals surface area contributed by atoms with Crippen LogP contribution in [0, 0.1) is 17.0 Å². The number of anilines is 1. The Hall–Kier alpha value is -5.65. The standard InChI is InChI=1S/C28H20N4O8/c1-16-24(27(36)31(29(16)2)19-6-4-3-5-7-19)30-25(34)21-13-10-18(14-22(21)26(30)35)28(37)40-15-23(33)17-8-11-20(12-9-17)32(38)39/h3-14H,15H2,1-2H3. The molecule has 0 spiro atoms. The third-order valence-electron chi connectivity index (χ3n) is 6.60. The van der Waals surface area contributed by atoms with Gasteiger partial charge in [0.1, 0.15) is 5.69 Å². The molecular formula is C28H20N4O8. The number of nitro benzene ring substituents is 1. The molecule has 200 valence electrons. The SMILES string of the molecule is Cc1c(N2C(=O)c3ccc(C(=O)OCC(=O)c4ccc([N+](=O)[O-])cc4)cc3C2=O)c(=O)n(-c2ccccc2)n1C. The number of nitrogens with zero attached hydrogens (tertiary/aromatic N) is 4. The minimum Gasteiger partial charge on any atom is -0.454 e. The summed E-state index contributed by atoms with van der Waals surface area (Å²) in [6.45, 7) is 0.972. The van der Waals surface area contributed by atoms with Gasteiger partial charge in [-0.2, -0.15) is 0 Å². The van der Waals surface area contributed by atoms with Crippen molar-refractivity contribution < 1.29 is 28.8 Å². The van der Waals surface area contributed by atoms with Crippen molar-refractivity contribution in [1.82, 2.24) is 9.36 Å². The van der Waals surface area contributed by atoms with Gasteiger partial charge in [0.2, 0.25) is 0 Å². The first-order valence-electron chi connectivity index (χ1n) is 11.9. The summed E-state index contributed by atoms with van der Waals surface area (Å²) in [4.78, 5) is 76.0. The van der Waals surface area contributed by atoms with Crippen molar-refractivity contribution >= 4 is 34.9 Å². The molecule has 4 aromatic rings. The van der Waals surface area contributed by atoms with Crippen molar-refractivity contribution in [1.29, 1.82) is 0 Å². The second-order valence-corrected chi connectivity index (χ2v) is 8.92. The Morgan fingerprint density at radius 1 is 0.875 bits per heavy atom. The van der Waals surface area contributed by atoms with Crippen molar-refractivity contribution in [3.05, 3.63) is 121 Å². The average Bonchev–Trinajstić information content (AvgIpc) is 3.33. The molecule has 0 fully saturated rings. The van der Waals surface area contributed by atoms with Crippen LogP contribution in [0.2, 0.25) is 0 Å². The maximum absolute atomic E-state index is 13.4. The van der Waals surface area contributed by atoms with Gasteiger partial charge in [-0.3, -0.25) is 34.0 Å². The molecule has 0 N–H and O–H groups in total. The third-order valence-corrected chi connectivity index (χ3v) is 6.60. The fraction of sp³-hybridized carbons (Fsp3) is 0.107. The summed E-state index contributed by atoms with van der Waals surface area (Å²) in [6.07, 6.45) is 0. The summed E-state index contributed by atoms with van der Waals surface area (Å²) < 4.78 is 7.96. The summed E-state index contributed by atoms with van der Waals surface area (Å²) in [7, 11) is 1.64. The number of amides is 2. The van der Waals surface area contributed by atoms with Crippen LogP contribution in [0.15, 0.2) is 77.6 Å². The first-order valence-corrected chi connectivity index (χ1v) is 11.9. The fourth-order valence-electron chi connectivity index (χ4n) is 4.45. The lowest BCUT2D eigenvalue weighted by atomic mass is 10.1. The zero-order valence-corrected chi connectivity index (χ0v) is 21.2. The van der Waals surface area contributed by atoms with Crippen LogP contribution in [-0.4, -0.2) is 44.5 Å². The van der Waals surface area contributed by atoms with Gasteiger partial charge in [-0.15, -0.1) is 0 Å². The average molecular weight is 540 g/mol. The Balaban J connectivity index is 1.37. The number of imide groups is 1. The summed E-state index contributed by atoms with van der Waals surface area (Å²) in [6, 6.07) is 17.3. The molecule has 12 heteroatoms. The van der Waals surface area contributed by atoms with Gasteiger partial charge in [0.05, 0.1) is 33.0 Å². The fourth-order valence-corrected chi connectivity index (χ4v) is 4.45. The van der Waals surface area contributed by atoms with E-state index in [1.54, 1.807) is 49.0 Å². The van der Waals surface area contributed by atoms with Gasteiger partial charge in [-0.1, -0.05) is 18.2 Å². The Morgan fingerprint density at radius 3 is 2.15 bits per heavy atom. The Labute approximate surface area is 225 Å². The normalized spacial score (nSPS) is 12.4. The van der Waals surface area contributed by atoms with E-state index in [0.29, 0.717) is 11.4 Å². The summed E-state index contributed by atoms with van der Waals surface area (Å²) in [5.41, 5.74) is 0.0347. The Morgan fingerprint density at radius 2 is 1.50 bits per heavy atom. The van der Waals surface area contributed by atoms with Crippen molar-refractivity contribution in [2.75, 3.05) is 11.5 Å². The highest BCUT2D eigenvalue weighted by molar-refractivity contribution is 6.34. The number of hydrogen-bond acceptors (Lipinski definition) is 8. The number of nitro groups is 1. The van der Waals surface area contributed by atoms with Gasteiger partial charge >= 0.3 is 5.97 Å². The number of para-hydroxylation sites is 1. The number of esters is 1. The molecule has 0 radical (unpaired) electrons. The molecule has 40 heavy (non-hydrogen) atoms. The molecule has 0 saturated heterocycles. The number of ether oxygens (including phenoxy) is 1. The van der Waals surface area contributed by atoms with Gasteiger partial charge in [-0.25, -0.2) is 14.4 Å². The molecular weight excluding hydrogens is 520 g/mol. The van der Waals surface area contributed by atoms with E-state index < -0.39 is 40.7 Å². The molecule has 5 rings (SSSR count). The number of ketones is 1. The lowest BCUT2D eigenvalue weighted by Crippen LogP contribution is -2.34. The summed E-state index contributed by atoms with van der Waals surface area (Å²) in [5.74, 6) is -2.99. The number of non-ortho nitro benzene ring substituents is 1. The van der Waals surface area contributed by atoms with Crippen molar-refractivity contribution in [3.63, 3.8) is 0 Å². The smallest absolute Gasteiger partial charge is 0.338 e. The number of aromatic nitrogens is 2. The summed E-state index contributed by atoms with van der Waals surface area (Å²) >= 11 is 0. The molecule has 0 unspecified atom stereocenters. The van der Waals surface area contributed by atoms with Crippen LogP contribution in [0.25, 0.3) is 5.69 Å². The van der Waals surface area contributed by atoms with Gasteiger partial charge in [0.15, 0.2) is 12.4 Å². The highest BCUT2D eigenvalue weighted by Crippen LogP contribution is 2.30. The van der Waals surface area contributed by atoms with E-state index >= 15 is 0 Å². The highest BCUT2D eigenvalue weighted by Gasteiger charge is 2.41. The topological polar surface area (TPSA) is 151 Å². The van der Waals surface area contributed by atoms with Crippen LogP contribution in [0.4, 0.5) is 11.4 Å². The van der Waals surface area contributed by atoms with E-state index in [1.807, 2.05) is 0 Å². The van der Waals surface area contributed by atoms with Crippen molar-refractivity contribution in [2.24, 2.45) is 7.05 Å². The molecule has 0 bridgehead atoms. The number of Topliss-reactive ketones (excluding diaryl/α,β-unsaturated/α-hetero) is 1. The van der Waals surface area contributed by atoms with Crippen LogP contribution in [0.5, 0.6) is 0 Å². The maximum atomic E-state index is 13.4. The lowest BCUT2D eigenvalue weighted by molar-refractivity contribution is -0.384. The Bertz CT molecular complexity index is 1790. The zero-order valence-electron chi connectivity index (χ0n) is 21.2. The van der Waals surface area contributed by atoms with Crippen LogP contribution < -0.4 is 10.5 Å². The molecule has 0 aliphatic carbocycles. The quantitative estimate of drug-likeness (QED) is 0.114. The molecule has 3 aromatic carbocycles. The first-order chi connectivity index (χ1) is 19.1.